The molecule has 8 nitrogen and oxygen atoms in total. The van der Waals surface area contributed by atoms with Gasteiger partial charge in [-0.1, -0.05) is 26.8 Å². The van der Waals surface area contributed by atoms with Gasteiger partial charge in [-0.25, -0.2) is 8.42 Å². The molecule has 194 valence electrons. The van der Waals surface area contributed by atoms with Gasteiger partial charge in [0.05, 0.1) is 18.6 Å². The van der Waals surface area contributed by atoms with E-state index in [9.17, 15) is 18.0 Å². The summed E-state index contributed by atoms with van der Waals surface area (Å²) in [6.07, 6.45) is 2.68. The Labute approximate surface area is 213 Å². The fourth-order valence-corrected chi connectivity index (χ4v) is 7.82. The molecule has 9 heteroatoms. The van der Waals surface area contributed by atoms with E-state index < -0.39 is 15.9 Å². The highest BCUT2D eigenvalue weighted by Crippen LogP contribution is 2.53. The van der Waals surface area contributed by atoms with Gasteiger partial charge in [0.15, 0.2) is 0 Å². The summed E-state index contributed by atoms with van der Waals surface area (Å²) in [6.45, 7) is 6.89. The number of fused-ring (bicyclic) bond motifs is 2. The van der Waals surface area contributed by atoms with Gasteiger partial charge in [0.2, 0.25) is 15.9 Å². The summed E-state index contributed by atoms with van der Waals surface area (Å²) in [5.74, 6) is -0.115. The van der Waals surface area contributed by atoms with E-state index in [0.29, 0.717) is 18.0 Å². The van der Waals surface area contributed by atoms with Gasteiger partial charge in [-0.15, -0.1) is 0 Å². The van der Waals surface area contributed by atoms with Crippen LogP contribution in [0.5, 0.6) is 5.75 Å². The highest BCUT2D eigenvalue weighted by molar-refractivity contribution is 7.89. The minimum absolute atomic E-state index is 0.0348. The van der Waals surface area contributed by atoms with E-state index in [1.54, 1.807) is 47.8 Å². The van der Waals surface area contributed by atoms with Crippen LogP contribution < -0.4 is 10.1 Å². The molecule has 0 spiro atoms. The summed E-state index contributed by atoms with van der Waals surface area (Å²) in [7, 11) is -0.680. The lowest BCUT2D eigenvalue weighted by molar-refractivity contribution is -0.116. The third-order valence-electron chi connectivity index (χ3n) is 7.16. The monoisotopic (exact) mass is 513 g/mol. The Morgan fingerprint density at radius 1 is 1.11 bits per heavy atom. The topological polar surface area (TPSA) is 96.0 Å². The minimum atomic E-state index is -3.76. The second-order valence-corrected chi connectivity index (χ2v) is 13.1. The minimum Gasteiger partial charge on any atom is -0.497 e. The molecule has 0 radical (unpaired) electrons. The number of rotatable bonds is 7. The van der Waals surface area contributed by atoms with E-state index in [2.05, 4.69) is 26.1 Å². The molecule has 1 N–H and O–H groups in total. The average molecular weight is 514 g/mol. The predicted octanol–water partition coefficient (Wildman–Crippen LogP) is 4.00. The molecule has 2 aromatic carbocycles. The lowest BCUT2D eigenvalue weighted by Crippen LogP contribution is -2.38. The van der Waals surface area contributed by atoms with Gasteiger partial charge in [0.1, 0.15) is 5.75 Å². The number of hydrogen-bond acceptors (Lipinski definition) is 5. The molecule has 0 unspecified atom stereocenters. The fraction of sp³-hybridized carbons (Fsp3) is 0.481. The van der Waals surface area contributed by atoms with Crippen molar-refractivity contribution in [2.45, 2.75) is 51.0 Å². The summed E-state index contributed by atoms with van der Waals surface area (Å²) in [5, 5.41) is 2.74. The van der Waals surface area contributed by atoms with E-state index in [0.717, 1.165) is 19.3 Å². The van der Waals surface area contributed by atoms with Crippen molar-refractivity contribution in [1.29, 1.82) is 0 Å². The predicted molar refractivity (Wildman–Crippen MR) is 138 cm³/mol. The number of sulfonamides is 1. The first kappa shape index (κ1) is 26.2. The summed E-state index contributed by atoms with van der Waals surface area (Å²) in [4.78, 5) is 26.9. The molecule has 2 aliphatic rings. The van der Waals surface area contributed by atoms with Gasteiger partial charge in [0.25, 0.3) is 5.91 Å². The first-order valence-electron chi connectivity index (χ1n) is 12.1. The molecule has 0 aromatic heterocycles. The standard InChI is InChI=1S/C27H35N3O5S/c1-26(2)14-21-15-27(3,17-26)18-30(21)36(33,34)23-8-6-7-19(13-23)25(32)29(4)16-24(31)28-20-9-11-22(35-5)12-10-20/h6-13,21H,14-18H2,1-5H3,(H,28,31)/t21-,27-/m1/s1. The van der Waals surface area contributed by atoms with Gasteiger partial charge in [-0.05, 0) is 72.6 Å². The van der Waals surface area contributed by atoms with Crippen molar-refractivity contribution in [3.63, 3.8) is 0 Å². The van der Waals surface area contributed by atoms with Crippen LogP contribution in [-0.2, 0) is 14.8 Å². The normalized spacial score (nSPS) is 23.2. The average Bonchev–Trinajstić information content (AvgIpc) is 3.08. The highest BCUT2D eigenvalue weighted by atomic mass is 32.2. The Kier molecular flexibility index (Phi) is 6.92. The quantitative estimate of drug-likeness (QED) is 0.604. The van der Waals surface area contributed by atoms with E-state index >= 15 is 0 Å². The molecule has 2 atom stereocenters. The van der Waals surface area contributed by atoms with Crippen molar-refractivity contribution in [2.75, 3.05) is 32.6 Å². The molecule has 1 aliphatic heterocycles. The number of carbonyl (C=O) groups excluding carboxylic acids is 2. The summed E-state index contributed by atoms with van der Waals surface area (Å²) in [6, 6.07) is 13.0. The van der Waals surface area contributed by atoms with Crippen molar-refractivity contribution >= 4 is 27.5 Å². The van der Waals surface area contributed by atoms with Gasteiger partial charge < -0.3 is 15.0 Å². The molecule has 1 saturated carbocycles. The Morgan fingerprint density at radius 3 is 2.47 bits per heavy atom. The third kappa shape index (κ3) is 5.42. The van der Waals surface area contributed by atoms with Crippen LogP contribution >= 0.6 is 0 Å². The number of nitrogens with one attached hydrogen (secondary N) is 1. The Balaban J connectivity index is 1.46. The van der Waals surface area contributed by atoms with Gasteiger partial charge >= 0.3 is 0 Å². The van der Waals surface area contributed by atoms with E-state index in [1.807, 2.05) is 0 Å². The van der Waals surface area contributed by atoms with Crippen LogP contribution in [0.15, 0.2) is 53.4 Å². The van der Waals surface area contributed by atoms with Crippen molar-refractivity contribution in [3.05, 3.63) is 54.1 Å². The zero-order valence-electron chi connectivity index (χ0n) is 21.6. The number of ether oxygens (including phenoxy) is 1. The molecule has 1 heterocycles. The molecule has 4 rings (SSSR count). The summed E-state index contributed by atoms with van der Waals surface area (Å²) >= 11 is 0. The van der Waals surface area contributed by atoms with Gasteiger partial charge in [0, 0.05) is 30.9 Å². The molecular formula is C27H35N3O5S. The zero-order valence-corrected chi connectivity index (χ0v) is 22.4. The molecule has 1 saturated heterocycles. The first-order chi connectivity index (χ1) is 16.8. The number of nitrogens with zero attached hydrogens (tertiary/aromatic N) is 2. The SMILES string of the molecule is COc1ccc(NC(=O)CN(C)C(=O)c2cccc(S(=O)(=O)N3C[C@]4(C)C[C@H]3CC(C)(C)C4)c2)cc1. The van der Waals surface area contributed by atoms with Gasteiger partial charge in [-0.3, -0.25) is 9.59 Å². The molecule has 1 aliphatic carbocycles. The number of likely N-dealkylation sites (N-methyl/N-ethyl adjacent to an activating group) is 1. The number of benzene rings is 2. The molecule has 2 aromatic rings. The van der Waals surface area contributed by atoms with Crippen molar-refractivity contribution in [2.24, 2.45) is 10.8 Å². The smallest absolute Gasteiger partial charge is 0.254 e. The zero-order chi connectivity index (χ0) is 26.3. The van der Waals surface area contributed by atoms with E-state index in [-0.39, 0.29) is 39.8 Å². The van der Waals surface area contributed by atoms with Crippen LogP contribution in [0.4, 0.5) is 5.69 Å². The lowest BCUT2D eigenvalue weighted by Gasteiger charge is -2.39. The van der Waals surface area contributed by atoms with Crippen LogP contribution in [0.1, 0.15) is 50.4 Å². The van der Waals surface area contributed by atoms with Crippen LogP contribution in [-0.4, -0.2) is 62.7 Å². The number of amides is 2. The summed E-state index contributed by atoms with van der Waals surface area (Å²) in [5.41, 5.74) is 0.867. The molecule has 2 bridgehead atoms. The molecule has 2 fully saturated rings. The maximum atomic E-state index is 13.6. The first-order valence-corrected chi connectivity index (χ1v) is 13.6. The lowest BCUT2D eigenvalue weighted by atomic mass is 9.65. The van der Waals surface area contributed by atoms with Crippen LogP contribution in [0.3, 0.4) is 0 Å². The van der Waals surface area contributed by atoms with Gasteiger partial charge in [-0.2, -0.15) is 4.31 Å². The second kappa shape index (κ2) is 9.52. The van der Waals surface area contributed by atoms with Crippen molar-refractivity contribution < 1.29 is 22.7 Å². The summed E-state index contributed by atoms with van der Waals surface area (Å²) < 4.78 is 34.0. The Morgan fingerprint density at radius 2 is 1.81 bits per heavy atom. The molecule has 36 heavy (non-hydrogen) atoms. The maximum absolute atomic E-state index is 13.6. The van der Waals surface area contributed by atoms with Crippen LogP contribution in [0.2, 0.25) is 0 Å². The number of methoxy groups -OCH3 is 1. The van der Waals surface area contributed by atoms with Crippen LogP contribution in [0.25, 0.3) is 0 Å². The Hall–Kier alpha value is -2.91. The number of carbonyl (C=O) groups is 2. The highest BCUT2D eigenvalue weighted by Gasteiger charge is 2.53. The van der Waals surface area contributed by atoms with Crippen LogP contribution in [0, 0.1) is 10.8 Å². The Bertz CT molecular complexity index is 1260. The fourth-order valence-electron chi connectivity index (χ4n) is 6.00. The van der Waals surface area contributed by atoms with Crippen molar-refractivity contribution in [3.8, 4) is 5.75 Å². The molecular weight excluding hydrogens is 478 g/mol. The van der Waals surface area contributed by atoms with Crippen molar-refractivity contribution in [1.82, 2.24) is 9.21 Å². The maximum Gasteiger partial charge on any atom is 0.254 e. The number of hydrogen-bond donors (Lipinski definition) is 1. The van der Waals surface area contributed by atoms with E-state index in [4.69, 9.17) is 4.74 Å². The second-order valence-electron chi connectivity index (χ2n) is 11.2. The third-order valence-corrected chi connectivity index (χ3v) is 9.05. The van der Waals surface area contributed by atoms with E-state index in [1.165, 1.54) is 24.1 Å². The largest absolute Gasteiger partial charge is 0.497 e. The molecule has 2 amide bonds. The number of anilines is 1.